The zero-order chi connectivity index (χ0) is 16.0. The van der Waals surface area contributed by atoms with E-state index in [9.17, 15) is 4.79 Å². The van der Waals surface area contributed by atoms with Crippen molar-refractivity contribution >= 4 is 23.3 Å². The zero-order valence-electron chi connectivity index (χ0n) is 13.1. The van der Waals surface area contributed by atoms with Crippen LogP contribution < -0.4 is 4.90 Å². The highest BCUT2D eigenvalue weighted by Gasteiger charge is 2.42. The molecule has 8 heteroatoms. The summed E-state index contributed by atoms with van der Waals surface area (Å²) in [5.74, 6) is 2.09. The summed E-state index contributed by atoms with van der Waals surface area (Å²) < 4.78 is 3.87. The molecule has 0 saturated carbocycles. The van der Waals surface area contributed by atoms with Crippen LogP contribution >= 0.6 is 11.5 Å². The molecule has 0 bridgehead atoms. The van der Waals surface area contributed by atoms with E-state index in [1.165, 1.54) is 11.5 Å². The van der Waals surface area contributed by atoms with Crippen LogP contribution in [0.3, 0.4) is 0 Å². The second-order valence-corrected chi connectivity index (χ2v) is 7.09. The normalized spacial score (nSPS) is 23.4. The first kappa shape index (κ1) is 14.5. The van der Waals surface area contributed by atoms with Crippen molar-refractivity contribution in [2.45, 2.75) is 13.8 Å². The van der Waals surface area contributed by atoms with Crippen molar-refractivity contribution < 1.29 is 4.79 Å². The molecule has 4 heterocycles. The lowest BCUT2D eigenvalue weighted by atomic mass is 10.0. The zero-order valence-corrected chi connectivity index (χ0v) is 14.0. The van der Waals surface area contributed by atoms with Gasteiger partial charge in [0.2, 0.25) is 0 Å². The molecule has 7 nitrogen and oxygen atoms in total. The molecule has 0 aliphatic carbocycles. The van der Waals surface area contributed by atoms with E-state index in [2.05, 4.69) is 24.5 Å². The van der Waals surface area contributed by atoms with Crippen LogP contribution in [0.1, 0.15) is 21.1 Å². The average Bonchev–Trinajstić information content (AvgIpc) is 3.20. The summed E-state index contributed by atoms with van der Waals surface area (Å²) >= 11 is 1.19. The van der Waals surface area contributed by atoms with Gasteiger partial charge in [0.15, 0.2) is 0 Å². The van der Waals surface area contributed by atoms with E-state index >= 15 is 0 Å². The number of amides is 1. The molecule has 1 amide bonds. The Morgan fingerprint density at radius 1 is 1.17 bits per heavy atom. The number of aromatic nitrogens is 4. The van der Waals surface area contributed by atoms with E-state index < -0.39 is 0 Å². The Bertz CT molecular complexity index is 733. The fourth-order valence-corrected chi connectivity index (χ4v) is 4.16. The molecule has 120 valence electrons. The summed E-state index contributed by atoms with van der Waals surface area (Å²) in [4.78, 5) is 26.1. The van der Waals surface area contributed by atoms with Gasteiger partial charge in [-0.05, 0) is 25.4 Å². The van der Waals surface area contributed by atoms with Crippen molar-refractivity contribution in [1.29, 1.82) is 0 Å². The average molecular weight is 330 g/mol. The number of carbonyl (C=O) groups excluding carboxylic acids is 1. The van der Waals surface area contributed by atoms with Gasteiger partial charge in [0.1, 0.15) is 17.0 Å². The highest BCUT2D eigenvalue weighted by atomic mass is 32.1. The molecule has 4 rings (SSSR count). The standard InChI is InChI=1S/C15H18N6OS/c1-9-3-13(17-8-16-9)20-4-11-6-21(7-12(11)5-20)15(22)14-10(2)18-19-23-14/h3,8,11-12H,4-7H2,1-2H3. The molecule has 2 fully saturated rings. The topological polar surface area (TPSA) is 75.1 Å². The van der Waals surface area contributed by atoms with Gasteiger partial charge in [-0.15, -0.1) is 5.10 Å². The number of fused-ring (bicyclic) bond motifs is 1. The number of anilines is 1. The fourth-order valence-electron chi connectivity index (χ4n) is 3.53. The molecule has 23 heavy (non-hydrogen) atoms. The predicted molar refractivity (Wildman–Crippen MR) is 86.5 cm³/mol. The summed E-state index contributed by atoms with van der Waals surface area (Å²) in [7, 11) is 0. The van der Waals surface area contributed by atoms with Crippen LogP contribution in [0.25, 0.3) is 0 Å². The molecule has 2 aliphatic rings. The van der Waals surface area contributed by atoms with Gasteiger partial charge in [-0.2, -0.15) is 0 Å². The van der Waals surface area contributed by atoms with Crippen molar-refractivity contribution in [3.8, 4) is 0 Å². The molecule has 0 spiro atoms. The monoisotopic (exact) mass is 330 g/mol. The number of aryl methyl sites for hydroxylation is 2. The second-order valence-electron chi connectivity index (χ2n) is 6.34. The third-order valence-corrected chi connectivity index (χ3v) is 5.55. The molecule has 2 saturated heterocycles. The lowest BCUT2D eigenvalue weighted by Crippen LogP contribution is -2.33. The van der Waals surface area contributed by atoms with Gasteiger partial charge in [-0.25, -0.2) is 9.97 Å². The predicted octanol–water partition coefficient (Wildman–Crippen LogP) is 1.15. The number of nitrogens with zero attached hydrogens (tertiary/aromatic N) is 6. The summed E-state index contributed by atoms with van der Waals surface area (Å²) in [5, 5.41) is 3.94. The molecule has 2 aromatic heterocycles. The van der Waals surface area contributed by atoms with E-state index in [-0.39, 0.29) is 5.91 Å². The first-order valence-electron chi connectivity index (χ1n) is 7.73. The Balaban J connectivity index is 1.44. The van der Waals surface area contributed by atoms with Crippen molar-refractivity contribution in [2.75, 3.05) is 31.1 Å². The first-order valence-corrected chi connectivity index (χ1v) is 8.51. The minimum atomic E-state index is 0.0799. The van der Waals surface area contributed by atoms with Crippen LogP contribution in [0, 0.1) is 25.7 Å². The second kappa shape index (κ2) is 5.52. The molecule has 0 radical (unpaired) electrons. The van der Waals surface area contributed by atoms with Crippen LogP contribution in [0.5, 0.6) is 0 Å². The van der Waals surface area contributed by atoms with E-state index in [0.717, 1.165) is 43.4 Å². The minimum absolute atomic E-state index is 0.0799. The third-order valence-electron chi connectivity index (χ3n) is 4.73. The Labute approximate surface area is 138 Å². The SMILES string of the molecule is Cc1cc(N2CC3CN(C(=O)c4snnc4C)CC3C2)ncn1. The third kappa shape index (κ3) is 2.56. The van der Waals surface area contributed by atoms with Crippen molar-refractivity contribution in [3.05, 3.63) is 28.7 Å². The maximum Gasteiger partial charge on any atom is 0.267 e. The first-order chi connectivity index (χ1) is 11.1. The lowest BCUT2D eigenvalue weighted by molar-refractivity contribution is 0.0786. The highest BCUT2D eigenvalue weighted by molar-refractivity contribution is 7.07. The Morgan fingerprint density at radius 3 is 2.52 bits per heavy atom. The number of hydrogen-bond donors (Lipinski definition) is 0. The molecule has 0 N–H and O–H groups in total. The van der Waals surface area contributed by atoms with Crippen molar-refractivity contribution in [3.63, 3.8) is 0 Å². The molecule has 2 aliphatic heterocycles. The van der Waals surface area contributed by atoms with Crippen LogP contribution in [0.4, 0.5) is 5.82 Å². The van der Waals surface area contributed by atoms with Gasteiger partial charge in [0, 0.05) is 49.8 Å². The van der Waals surface area contributed by atoms with E-state index in [1.807, 2.05) is 24.8 Å². The summed E-state index contributed by atoms with van der Waals surface area (Å²) in [6.07, 6.45) is 1.62. The van der Waals surface area contributed by atoms with Crippen LogP contribution in [0.2, 0.25) is 0 Å². The molecule has 2 atom stereocenters. The molecular weight excluding hydrogens is 312 g/mol. The Kier molecular flexibility index (Phi) is 3.48. The van der Waals surface area contributed by atoms with Gasteiger partial charge in [0.25, 0.3) is 5.91 Å². The molecule has 2 aromatic rings. The van der Waals surface area contributed by atoms with Crippen LogP contribution in [0.15, 0.2) is 12.4 Å². The molecule has 2 unspecified atom stereocenters. The summed E-state index contributed by atoms with van der Waals surface area (Å²) in [6, 6.07) is 2.02. The quantitative estimate of drug-likeness (QED) is 0.822. The minimum Gasteiger partial charge on any atom is -0.356 e. The molecule has 0 aromatic carbocycles. The Morgan fingerprint density at radius 2 is 1.91 bits per heavy atom. The maximum absolute atomic E-state index is 12.6. The largest absolute Gasteiger partial charge is 0.356 e. The summed E-state index contributed by atoms with van der Waals surface area (Å²) in [6.45, 7) is 7.33. The van der Waals surface area contributed by atoms with Gasteiger partial charge in [-0.1, -0.05) is 4.49 Å². The van der Waals surface area contributed by atoms with Gasteiger partial charge in [0.05, 0.1) is 5.69 Å². The van der Waals surface area contributed by atoms with Crippen molar-refractivity contribution in [2.24, 2.45) is 11.8 Å². The fraction of sp³-hybridized carbons (Fsp3) is 0.533. The number of likely N-dealkylation sites (tertiary alicyclic amines) is 1. The lowest BCUT2D eigenvalue weighted by Gasteiger charge is -2.22. The van der Waals surface area contributed by atoms with E-state index in [1.54, 1.807) is 6.33 Å². The molecular formula is C15H18N6OS. The van der Waals surface area contributed by atoms with Crippen molar-refractivity contribution in [1.82, 2.24) is 24.5 Å². The number of rotatable bonds is 2. The van der Waals surface area contributed by atoms with E-state index in [0.29, 0.717) is 16.7 Å². The van der Waals surface area contributed by atoms with Crippen LogP contribution in [-0.2, 0) is 0 Å². The van der Waals surface area contributed by atoms with Gasteiger partial charge in [-0.3, -0.25) is 4.79 Å². The van der Waals surface area contributed by atoms with E-state index in [4.69, 9.17) is 0 Å². The smallest absolute Gasteiger partial charge is 0.267 e. The Hall–Kier alpha value is -2.09. The number of hydrogen-bond acceptors (Lipinski definition) is 7. The summed E-state index contributed by atoms with van der Waals surface area (Å²) in [5.41, 5.74) is 1.71. The van der Waals surface area contributed by atoms with Gasteiger partial charge < -0.3 is 9.80 Å². The van der Waals surface area contributed by atoms with Gasteiger partial charge >= 0.3 is 0 Å². The highest BCUT2D eigenvalue weighted by Crippen LogP contribution is 2.34. The maximum atomic E-state index is 12.6. The number of carbonyl (C=O) groups is 1. The van der Waals surface area contributed by atoms with Crippen LogP contribution in [-0.4, -0.2) is 56.5 Å².